The van der Waals surface area contributed by atoms with Crippen LogP contribution in [0.3, 0.4) is 0 Å². The molecule has 19 heavy (non-hydrogen) atoms. The number of hydrogen-bond acceptors (Lipinski definition) is 3. The van der Waals surface area contributed by atoms with Gasteiger partial charge in [-0.15, -0.1) is 0 Å². The fourth-order valence-electron chi connectivity index (χ4n) is 1.74. The van der Waals surface area contributed by atoms with Crippen molar-refractivity contribution >= 4 is 38.8 Å². The molecule has 0 unspecified atom stereocenters. The highest BCUT2D eigenvalue weighted by atomic mass is 79.9. The summed E-state index contributed by atoms with van der Waals surface area (Å²) in [5.41, 5.74) is 7.53. The minimum Gasteiger partial charge on any atom is -0.389 e. The zero-order chi connectivity index (χ0) is 13.7. The largest absolute Gasteiger partial charge is 0.389 e. The maximum Gasteiger partial charge on any atom is 0.105 e. The maximum absolute atomic E-state index is 5.61. The molecule has 0 aliphatic heterocycles. The summed E-state index contributed by atoms with van der Waals surface area (Å²) in [4.78, 5) is 4.41. The number of nitrogens with zero attached hydrogens (tertiary/aromatic N) is 2. The normalized spacial score (nSPS) is 10.4. The van der Waals surface area contributed by atoms with Gasteiger partial charge in [0.2, 0.25) is 0 Å². The van der Waals surface area contributed by atoms with Crippen molar-refractivity contribution in [1.29, 1.82) is 0 Å². The Kier molecular flexibility index (Phi) is 4.93. The average molecular weight is 339 g/mol. The topological polar surface area (TPSA) is 55.9 Å². The standard InChI is InChI=1S/C13H15BrN4S/c14-12-8-10(2-3-11(12)13(15)19)17-4-1-6-18-7-5-16-9-18/h2-3,5,7-9,17H,1,4,6H2,(H2,15,19). The molecule has 100 valence electrons. The molecule has 0 aliphatic rings. The molecule has 0 atom stereocenters. The van der Waals surface area contributed by atoms with Crippen molar-refractivity contribution in [2.24, 2.45) is 5.73 Å². The minimum absolute atomic E-state index is 0.401. The molecule has 0 radical (unpaired) electrons. The van der Waals surface area contributed by atoms with Crippen LogP contribution in [-0.2, 0) is 6.54 Å². The van der Waals surface area contributed by atoms with Crippen LogP contribution in [0.25, 0.3) is 0 Å². The van der Waals surface area contributed by atoms with E-state index in [0.29, 0.717) is 4.99 Å². The Bertz CT molecular complexity index is 554. The molecule has 4 nitrogen and oxygen atoms in total. The van der Waals surface area contributed by atoms with Crippen LogP contribution in [0.2, 0.25) is 0 Å². The van der Waals surface area contributed by atoms with E-state index in [4.69, 9.17) is 18.0 Å². The number of anilines is 1. The number of imidazole rings is 1. The van der Waals surface area contributed by atoms with Crippen molar-refractivity contribution in [1.82, 2.24) is 9.55 Å². The van der Waals surface area contributed by atoms with Crippen LogP contribution < -0.4 is 11.1 Å². The molecule has 0 saturated carbocycles. The van der Waals surface area contributed by atoms with Crippen LogP contribution in [0.4, 0.5) is 5.69 Å². The predicted molar refractivity (Wildman–Crippen MR) is 85.4 cm³/mol. The van der Waals surface area contributed by atoms with Crippen LogP contribution >= 0.6 is 28.1 Å². The molecule has 1 aromatic heterocycles. The van der Waals surface area contributed by atoms with Crippen molar-refractivity contribution in [3.05, 3.63) is 47.0 Å². The fraction of sp³-hybridized carbons (Fsp3) is 0.231. The highest BCUT2D eigenvalue weighted by Gasteiger charge is 2.03. The highest BCUT2D eigenvalue weighted by molar-refractivity contribution is 9.10. The van der Waals surface area contributed by atoms with Crippen molar-refractivity contribution in [2.75, 3.05) is 11.9 Å². The molecule has 6 heteroatoms. The lowest BCUT2D eigenvalue weighted by Crippen LogP contribution is -2.11. The van der Waals surface area contributed by atoms with Gasteiger partial charge < -0.3 is 15.6 Å². The number of hydrogen-bond donors (Lipinski definition) is 2. The molecular formula is C13H15BrN4S. The zero-order valence-corrected chi connectivity index (χ0v) is 12.7. The molecule has 2 aromatic rings. The van der Waals surface area contributed by atoms with Gasteiger partial charge in [0.1, 0.15) is 4.99 Å². The number of nitrogens with one attached hydrogen (secondary N) is 1. The molecular weight excluding hydrogens is 324 g/mol. The number of aromatic nitrogens is 2. The second-order valence-electron chi connectivity index (χ2n) is 4.14. The molecule has 0 aliphatic carbocycles. The second kappa shape index (κ2) is 6.68. The Morgan fingerprint density at radius 3 is 2.95 bits per heavy atom. The van der Waals surface area contributed by atoms with Crippen molar-refractivity contribution in [2.45, 2.75) is 13.0 Å². The summed E-state index contributed by atoms with van der Waals surface area (Å²) in [6, 6.07) is 5.90. The molecule has 0 amide bonds. The average Bonchev–Trinajstić information content (AvgIpc) is 2.87. The van der Waals surface area contributed by atoms with Gasteiger partial charge in [-0.2, -0.15) is 0 Å². The van der Waals surface area contributed by atoms with Crippen LogP contribution in [0.1, 0.15) is 12.0 Å². The second-order valence-corrected chi connectivity index (χ2v) is 5.43. The third kappa shape index (κ3) is 4.04. The van der Waals surface area contributed by atoms with Gasteiger partial charge in [0.15, 0.2) is 0 Å². The third-order valence-electron chi connectivity index (χ3n) is 2.72. The van der Waals surface area contributed by atoms with E-state index in [0.717, 1.165) is 35.2 Å². The van der Waals surface area contributed by atoms with Gasteiger partial charge in [-0.25, -0.2) is 4.98 Å². The Balaban J connectivity index is 1.83. The van der Waals surface area contributed by atoms with E-state index in [-0.39, 0.29) is 0 Å². The summed E-state index contributed by atoms with van der Waals surface area (Å²) >= 11 is 8.43. The summed E-state index contributed by atoms with van der Waals surface area (Å²) in [7, 11) is 0. The van der Waals surface area contributed by atoms with E-state index in [2.05, 4.69) is 30.8 Å². The number of thiocarbonyl (C=S) groups is 1. The SMILES string of the molecule is NC(=S)c1ccc(NCCCn2ccnc2)cc1Br. The molecule has 0 saturated heterocycles. The first kappa shape index (κ1) is 14.0. The lowest BCUT2D eigenvalue weighted by atomic mass is 10.2. The summed E-state index contributed by atoms with van der Waals surface area (Å²) < 4.78 is 2.98. The number of benzene rings is 1. The summed E-state index contributed by atoms with van der Waals surface area (Å²) in [5, 5.41) is 3.37. The van der Waals surface area contributed by atoms with Gasteiger partial charge in [-0.1, -0.05) is 12.2 Å². The third-order valence-corrected chi connectivity index (χ3v) is 3.59. The minimum atomic E-state index is 0.401. The van der Waals surface area contributed by atoms with E-state index in [1.54, 1.807) is 6.20 Å². The monoisotopic (exact) mass is 338 g/mol. The number of rotatable bonds is 6. The van der Waals surface area contributed by atoms with Crippen molar-refractivity contribution in [3.8, 4) is 0 Å². The first-order valence-electron chi connectivity index (χ1n) is 5.96. The summed E-state index contributed by atoms with van der Waals surface area (Å²) in [5.74, 6) is 0. The van der Waals surface area contributed by atoms with Crippen LogP contribution in [0.5, 0.6) is 0 Å². The van der Waals surface area contributed by atoms with Gasteiger partial charge >= 0.3 is 0 Å². The summed E-state index contributed by atoms with van der Waals surface area (Å²) in [6.07, 6.45) is 6.62. The molecule has 3 N–H and O–H groups in total. The first-order valence-corrected chi connectivity index (χ1v) is 7.16. The van der Waals surface area contributed by atoms with Crippen LogP contribution in [0, 0.1) is 0 Å². The molecule has 0 fully saturated rings. The maximum atomic E-state index is 5.61. The van der Waals surface area contributed by atoms with E-state index < -0.39 is 0 Å². The lowest BCUT2D eigenvalue weighted by molar-refractivity contribution is 0.661. The summed E-state index contributed by atoms with van der Waals surface area (Å²) in [6.45, 7) is 1.86. The Morgan fingerprint density at radius 1 is 1.47 bits per heavy atom. The zero-order valence-electron chi connectivity index (χ0n) is 10.3. The molecule has 1 aromatic carbocycles. The number of aryl methyl sites for hydroxylation is 1. The highest BCUT2D eigenvalue weighted by Crippen LogP contribution is 2.21. The van der Waals surface area contributed by atoms with E-state index in [9.17, 15) is 0 Å². The molecule has 2 rings (SSSR count). The smallest absolute Gasteiger partial charge is 0.105 e. The van der Waals surface area contributed by atoms with Gasteiger partial charge in [0.25, 0.3) is 0 Å². The van der Waals surface area contributed by atoms with E-state index in [1.807, 2.05) is 30.7 Å². The van der Waals surface area contributed by atoms with Crippen molar-refractivity contribution in [3.63, 3.8) is 0 Å². The molecule has 0 spiro atoms. The Hall–Kier alpha value is -1.40. The fourth-order valence-corrected chi connectivity index (χ4v) is 2.64. The van der Waals surface area contributed by atoms with Crippen LogP contribution in [0.15, 0.2) is 41.4 Å². The Labute approximate surface area is 126 Å². The number of nitrogens with two attached hydrogens (primary N) is 1. The van der Waals surface area contributed by atoms with E-state index in [1.165, 1.54) is 0 Å². The van der Waals surface area contributed by atoms with E-state index >= 15 is 0 Å². The van der Waals surface area contributed by atoms with Gasteiger partial charge in [-0.3, -0.25) is 0 Å². The number of halogens is 1. The Morgan fingerprint density at radius 2 is 2.32 bits per heavy atom. The van der Waals surface area contributed by atoms with Gasteiger partial charge in [0.05, 0.1) is 6.33 Å². The quantitative estimate of drug-likeness (QED) is 0.628. The lowest BCUT2D eigenvalue weighted by Gasteiger charge is -2.09. The van der Waals surface area contributed by atoms with Crippen molar-refractivity contribution < 1.29 is 0 Å². The van der Waals surface area contributed by atoms with Gasteiger partial charge in [0, 0.05) is 41.2 Å². The molecule has 1 heterocycles. The first-order chi connectivity index (χ1) is 9.16. The predicted octanol–water partition coefficient (Wildman–Crippen LogP) is 2.78. The van der Waals surface area contributed by atoms with Gasteiger partial charge in [-0.05, 0) is 40.5 Å². The molecule has 0 bridgehead atoms. The van der Waals surface area contributed by atoms with Crippen LogP contribution in [-0.4, -0.2) is 21.1 Å².